The van der Waals surface area contributed by atoms with Gasteiger partial charge in [-0.25, -0.2) is 0 Å². The van der Waals surface area contributed by atoms with Crippen LogP contribution in [0.3, 0.4) is 0 Å². The Hall–Kier alpha value is -1.10. The van der Waals surface area contributed by atoms with Crippen molar-refractivity contribution in [3.05, 3.63) is 0 Å². The number of amides is 2. The first-order valence-electron chi connectivity index (χ1n) is 3.39. The van der Waals surface area contributed by atoms with Gasteiger partial charge in [0.2, 0.25) is 11.8 Å². The first kappa shape index (κ1) is 9.90. The summed E-state index contributed by atoms with van der Waals surface area (Å²) in [7, 11) is 0. The molecule has 2 amide bonds. The molecule has 5 nitrogen and oxygen atoms in total. The van der Waals surface area contributed by atoms with Crippen molar-refractivity contribution in [3.8, 4) is 0 Å². The number of primary amides is 1. The van der Waals surface area contributed by atoms with Crippen LogP contribution in [-0.4, -0.2) is 24.4 Å². The van der Waals surface area contributed by atoms with Gasteiger partial charge in [-0.05, 0) is 0 Å². The lowest BCUT2D eigenvalue weighted by Crippen LogP contribution is -2.45. The molecule has 0 aliphatic carbocycles. The summed E-state index contributed by atoms with van der Waals surface area (Å²) in [4.78, 5) is 21.0. The Labute approximate surface area is 65.1 Å². The molecule has 1 atom stereocenters. The zero-order valence-corrected chi connectivity index (χ0v) is 6.46. The fraction of sp³-hybridized carbons (Fsp3) is 0.667. The molecule has 0 saturated carbocycles. The van der Waals surface area contributed by atoms with Crippen molar-refractivity contribution >= 4 is 11.8 Å². The maximum atomic E-state index is 10.6. The van der Waals surface area contributed by atoms with Crippen molar-refractivity contribution in [2.24, 2.45) is 11.5 Å². The summed E-state index contributed by atoms with van der Waals surface area (Å²) in [5.74, 6) is -0.747. The molecule has 0 aromatic heterocycles. The van der Waals surface area contributed by atoms with Gasteiger partial charge in [0.1, 0.15) is 6.04 Å². The first-order valence-corrected chi connectivity index (χ1v) is 3.39. The summed E-state index contributed by atoms with van der Waals surface area (Å²) in [6.07, 6.45) is 0.380. The van der Waals surface area contributed by atoms with Gasteiger partial charge >= 0.3 is 0 Å². The van der Waals surface area contributed by atoms with Gasteiger partial charge in [0.25, 0.3) is 0 Å². The number of hydrogen-bond donors (Lipinski definition) is 3. The molecule has 0 bridgehead atoms. The van der Waals surface area contributed by atoms with E-state index in [0.29, 0.717) is 6.42 Å². The Morgan fingerprint density at radius 3 is 2.45 bits per heavy atom. The average Bonchev–Trinajstić information content (AvgIpc) is 1.99. The zero-order valence-electron chi connectivity index (χ0n) is 6.46. The highest BCUT2D eigenvalue weighted by atomic mass is 16.2. The summed E-state index contributed by atoms with van der Waals surface area (Å²) in [5.41, 5.74) is 10.1. The monoisotopic (exact) mass is 159 g/mol. The Morgan fingerprint density at radius 1 is 1.55 bits per heavy atom. The lowest BCUT2D eigenvalue weighted by molar-refractivity contribution is -0.121. The number of nitrogens with two attached hydrogens (primary N) is 2. The van der Waals surface area contributed by atoms with E-state index in [1.165, 1.54) is 0 Å². The van der Waals surface area contributed by atoms with Crippen molar-refractivity contribution in [2.75, 3.05) is 6.54 Å². The minimum atomic E-state index is -0.787. The molecule has 0 rings (SSSR count). The van der Waals surface area contributed by atoms with Crippen LogP contribution in [0.15, 0.2) is 0 Å². The third-order valence-electron chi connectivity index (χ3n) is 1.21. The van der Waals surface area contributed by atoms with Gasteiger partial charge < -0.3 is 16.8 Å². The molecule has 5 N–H and O–H groups in total. The third kappa shape index (κ3) is 4.32. The van der Waals surface area contributed by atoms with Crippen LogP contribution in [0.5, 0.6) is 0 Å². The topological polar surface area (TPSA) is 98.2 Å². The van der Waals surface area contributed by atoms with Crippen LogP contribution < -0.4 is 16.8 Å². The summed E-state index contributed by atoms with van der Waals surface area (Å²) in [5, 5.41) is 2.45. The predicted molar refractivity (Wildman–Crippen MR) is 40.5 cm³/mol. The molecule has 0 fully saturated rings. The zero-order chi connectivity index (χ0) is 8.85. The quantitative estimate of drug-likeness (QED) is 0.457. The van der Waals surface area contributed by atoms with Crippen LogP contribution in [0.25, 0.3) is 0 Å². The molecule has 0 spiro atoms. The Balaban J connectivity index is 3.54. The van der Waals surface area contributed by atoms with E-state index in [1.54, 1.807) is 6.92 Å². The van der Waals surface area contributed by atoms with Crippen LogP contribution in [0.2, 0.25) is 0 Å². The van der Waals surface area contributed by atoms with E-state index in [4.69, 9.17) is 11.5 Å². The van der Waals surface area contributed by atoms with Crippen molar-refractivity contribution in [3.63, 3.8) is 0 Å². The van der Waals surface area contributed by atoms with Crippen molar-refractivity contribution in [2.45, 2.75) is 19.4 Å². The molecule has 64 valence electrons. The molecule has 0 heterocycles. The number of nitrogens with one attached hydrogen (secondary N) is 1. The number of carbonyl (C=O) groups excluding carboxylic acids is 2. The van der Waals surface area contributed by atoms with Gasteiger partial charge in [-0.3, -0.25) is 9.59 Å². The maximum Gasteiger partial charge on any atom is 0.236 e. The van der Waals surface area contributed by atoms with Crippen LogP contribution >= 0.6 is 0 Å². The summed E-state index contributed by atoms with van der Waals surface area (Å²) in [6.45, 7) is 1.83. The van der Waals surface area contributed by atoms with E-state index in [0.717, 1.165) is 0 Å². The normalized spacial score (nSPS) is 12.2. The van der Waals surface area contributed by atoms with Gasteiger partial charge in [0.05, 0.1) is 0 Å². The second kappa shape index (κ2) is 4.68. The lowest BCUT2D eigenvalue weighted by atomic mass is 10.3. The second-order valence-electron chi connectivity index (χ2n) is 2.17. The fourth-order valence-electron chi connectivity index (χ4n) is 0.449. The fourth-order valence-corrected chi connectivity index (χ4v) is 0.449. The summed E-state index contributed by atoms with van der Waals surface area (Å²) in [6, 6.07) is -0.787. The van der Waals surface area contributed by atoms with Crippen molar-refractivity contribution < 1.29 is 9.59 Å². The third-order valence-corrected chi connectivity index (χ3v) is 1.21. The predicted octanol–water partition coefficient (Wildman–Crippen LogP) is -1.67. The number of rotatable bonds is 4. The Bertz CT molecular complexity index is 158. The van der Waals surface area contributed by atoms with Crippen LogP contribution in [0, 0.1) is 0 Å². The maximum absolute atomic E-state index is 10.6. The minimum Gasteiger partial charge on any atom is -0.368 e. The molecule has 0 aromatic rings. The van der Waals surface area contributed by atoms with E-state index >= 15 is 0 Å². The minimum absolute atomic E-state index is 0.113. The van der Waals surface area contributed by atoms with Gasteiger partial charge in [-0.1, -0.05) is 6.92 Å². The largest absolute Gasteiger partial charge is 0.368 e. The van der Waals surface area contributed by atoms with Crippen LogP contribution in [-0.2, 0) is 9.59 Å². The number of hydrogen-bond acceptors (Lipinski definition) is 3. The van der Waals surface area contributed by atoms with Crippen molar-refractivity contribution in [1.82, 2.24) is 5.32 Å². The highest BCUT2D eigenvalue weighted by Gasteiger charge is 2.08. The first-order chi connectivity index (χ1) is 5.07. The van der Waals surface area contributed by atoms with Gasteiger partial charge in [0, 0.05) is 13.0 Å². The smallest absolute Gasteiger partial charge is 0.236 e. The SMILES string of the molecule is CCC(=O)NCC(N)C(N)=O. The van der Waals surface area contributed by atoms with Gasteiger partial charge in [0.15, 0.2) is 0 Å². The number of carbonyl (C=O) groups is 2. The molecule has 1 unspecified atom stereocenters. The molecule has 0 radical (unpaired) electrons. The molecule has 0 saturated heterocycles. The second-order valence-corrected chi connectivity index (χ2v) is 2.17. The summed E-state index contributed by atoms with van der Waals surface area (Å²) < 4.78 is 0. The Morgan fingerprint density at radius 2 is 2.09 bits per heavy atom. The van der Waals surface area contributed by atoms with E-state index in [-0.39, 0.29) is 12.5 Å². The average molecular weight is 159 g/mol. The summed E-state index contributed by atoms with van der Waals surface area (Å²) >= 11 is 0. The standard InChI is InChI=1S/C6H13N3O2/c1-2-5(10)9-3-4(7)6(8)11/h4H,2-3,7H2,1H3,(H2,8,11)(H,9,10). The molecule has 0 aliphatic heterocycles. The lowest BCUT2D eigenvalue weighted by Gasteiger charge is -2.07. The molecule has 0 aliphatic rings. The van der Waals surface area contributed by atoms with Crippen molar-refractivity contribution in [1.29, 1.82) is 0 Å². The highest BCUT2D eigenvalue weighted by Crippen LogP contribution is 1.77. The van der Waals surface area contributed by atoms with Gasteiger partial charge in [-0.2, -0.15) is 0 Å². The van der Waals surface area contributed by atoms with Crippen LogP contribution in [0.4, 0.5) is 0 Å². The van der Waals surface area contributed by atoms with Crippen LogP contribution in [0.1, 0.15) is 13.3 Å². The highest BCUT2D eigenvalue weighted by molar-refractivity contribution is 5.81. The molecule has 11 heavy (non-hydrogen) atoms. The molecular weight excluding hydrogens is 146 g/mol. The van der Waals surface area contributed by atoms with E-state index < -0.39 is 11.9 Å². The Kier molecular flexibility index (Phi) is 4.21. The molecule has 0 aromatic carbocycles. The van der Waals surface area contributed by atoms with E-state index in [9.17, 15) is 9.59 Å². The van der Waals surface area contributed by atoms with E-state index in [1.807, 2.05) is 0 Å². The molecule has 5 heteroatoms. The van der Waals surface area contributed by atoms with Gasteiger partial charge in [-0.15, -0.1) is 0 Å². The molecular formula is C6H13N3O2. The van der Waals surface area contributed by atoms with E-state index in [2.05, 4.69) is 5.32 Å².